The molecule has 0 saturated heterocycles. The Kier molecular flexibility index (Phi) is 6.26. The first-order valence-electron chi connectivity index (χ1n) is 8.53. The lowest BCUT2D eigenvalue weighted by Gasteiger charge is -2.28. The minimum absolute atomic E-state index is 0.247. The molecular formula is C20H32O3. The lowest BCUT2D eigenvalue weighted by molar-refractivity contribution is 0.0498. The molecule has 1 aromatic rings. The van der Waals surface area contributed by atoms with Crippen LogP contribution in [0.15, 0.2) is 12.1 Å². The second kappa shape index (κ2) is 7.37. The van der Waals surface area contributed by atoms with Crippen molar-refractivity contribution in [3.63, 3.8) is 0 Å². The first-order valence-corrected chi connectivity index (χ1v) is 8.53. The van der Waals surface area contributed by atoms with Crippen molar-refractivity contribution in [2.24, 2.45) is 0 Å². The standard InChI is InChI=1S/C20H32O3/c1-8-9-10-11-23-18(22)14-12-15(19(2,3)4)17(21)16(13-14)20(5,6)7/h12-13,21H,8-11H2,1-7H3. The largest absolute Gasteiger partial charge is 0.507 e. The van der Waals surface area contributed by atoms with E-state index in [9.17, 15) is 9.90 Å². The van der Waals surface area contributed by atoms with Gasteiger partial charge in [0.25, 0.3) is 0 Å². The Bertz CT molecular complexity index is 510. The summed E-state index contributed by atoms with van der Waals surface area (Å²) in [6.45, 7) is 14.8. The Balaban J connectivity index is 3.20. The minimum Gasteiger partial charge on any atom is -0.507 e. The van der Waals surface area contributed by atoms with Gasteiger partial charge in [-0.2, -0.15) is 0 Å². The van der Waals surface area contributed by atoms with Crippen LogP contribution in [0.3, 0.4) is 0 Å². The van der Waals surface area contributed by atoms with E-state index in [1.807, 2.05) is 41.5 Å². The molecule has 1 aromatic carbocycles. The third kappa shape index (κ3) is 5.26. The van der Waals surface area contributed by atoms with E-state index in [2.05, 4.69) is 6.92 Å². The van der Waals surface area contributed by atoms with Gasteiger partial charge in [0, 0.05) is 11.1 Å². The maximum Gasteiger partial charge on any atom is 0.338 e. The van der Waals surface area contributed by atoms with Crippen LogP contribution in [0, 0.1) is 0 Å². The molecule has 23 heavy (non-hydrogen) atoms. The second-order valence-corrected chi connectivity index (χ2v) is 8.26. The summed E-state index contributed by atoms with van der Waals surface area (Å²) in [4.78, 5) is 12.4. The molecule has 0 aliphatic carbocycles. The van der Waals surface area contributed by atoms with Crippen LogP contribution < -0.4 is 0 Å². The number of esters is 1. The van der Waals surface area contributed by atoms with Crippen molar-refractivity contribution in [2.75, 3.05) is 6.61 Å². The number of unbranched alkanes of at least 4 members (excludes halogenated alkanes) is 2. The third-order valence-corrected chi connectivity index (χ3v) is 3.94. The van der Waals surface area contributed by atoms with Crippen molar-refractivity contribution >= 4 is 5.97 Å². The fourth-order valence-electron chi connectivity index (χ4n) is 2.50. The van der Waals surface area contributed by atoms with Crippen LogP contribution in [0.2, 0.25) is 0 Å². The number of carbonyl (C=O) groups is 1. The van der Waals surface area contributed by atoms with Gasteiger partial charge in [-0.15, -0.1) is 0 Å². The van der Waals surface area contributed by atoms with Gasteiger partial charge in [0.2, 0.25) is 0 Å². The molecule has 0 spiro atoms. The van der Waals surface area contributed by atoms with Crippen LogP contribution in [0.25, 0.3) is 0 Å². The highest BCUT2D eigenvalue weighted by Crippen LogP contribution is 2.39. The molecule has 0 aromatic heterocycles. The van der Waals surface area contributed by atoms with E-state index in [-0.39, 0.29) is 22.5 Å². The summed E-state index contributed by atoms with van der Waals surface area (Å²) in [5.74, 6) is -0.0235. The van der Waals surface area contributed by atoms with Crippen molar-refractivity contribution in [1.29, 1.82) is 0 Å². The normalized spacial score (nSPS) is 12.3. The number of phenols is 1. The number of rotatable bonds is 5. The molecule has 0 heterocycles. The highest BCUT2D eigenvalue weighted by atomic mass is 16.5. The predicted molar refractivity (Wildman–Crippen MR) is 95.3 cm³/mol. The van der Waals surface area contributed by atoms with E-state index in [0.29, 0.717) is 12.2 Å². The number of carbonyl (C=O) groups excluding carboxylic acids is 1. The average Bonchev–Trinajstić information content (AvgIpc) is 2.41. The molecule has 0 aliphatic heterocycles. The number of ether oxygens (including phenoxy) is 1. The molecule has 3 heteroatoms. The first kappa shape index (κ1) is 19.5. The van der Waals surface area contributed by atoms with Gasteiger partial charge < -0.3 is 9.84 Å². The van der Waals surface area contributed by atoms with Gasteiger partial charge in [-0.1, -0.05) is 61.3 Å². The molecule has 0 fully saturated rings. The monoisotopic (exact) mass is 320 g/mol. The number of benzene rings is 1. The van der Waals surface area contributed by atoms with Crippen LogP contribution in [0.4, 0.5) is 0 Å². The number of hydrogen-bond acceptors (Lipinski definition) is 3. The fraction of sp³-hybridized carbons (Fsp3) is 0.650. The zero-order chi connectivity index (χ0) is 17.8. The Morgan fingerprint density at radius 1 is 1.00 bits per heavy atom. The van der Waals surface area contributed by atoms with Crippen LogP contribution in [0.5, 0.6) is 5.75 Å². The SMILES string of the molecule is CCCCCOC(=O)c1cc(C(C)(C)C)c(O)c(C(C)(C)C)c1. The summed E-state index contributed by atoms with van der Waals surface area (Å²) in [6, 6.07) is 3.54. The Hall–Kier alpha value is -1.51. The molecule has 0 amide bonds. The highest BCUT2D eigenvalue weighted by molar-refractivity contribution is 5.90. The zero-order valence-corrected chi connectivity index (χ0v) is 15.7. The molecule has 0 atom stereocenters. The van der Waals surface area contributed by atoms with E-state index in [1.165, 1.54) is 0 Å². The molecule has 0 aliphatic rings. The van der Waals surface area contributed by atoms with Gasteiger partial charge >= 0.3 is 5.97 Å². The van der Waals surface area contributed by atoms with Crippen LogP contribution in [-0.4, -0.2) is 17.7 Å². The average molecular weight is 320 g/mol. The van der Waals surface area contributed by atoms with Crippen molar-refractivity contribution in [1.82, 2.24) is 0 Å². The molecule has 1 rings (SSSR count). The molecule has 1 N–H and O–H groups in total. The van der Waals surface area contributed by atoms with Gasteiger partial charge in [0.1, 0.15) is 5.75 Å². The summed E-state index contributed by atoms with van der Waals surface area (Å²) in [7, 11) is 0. The fourth-order valence-corrected chi connectivity index (χ4v) is 2.50. The molecule has 3 nitrogen and oxygen atoms in total. The molecule has 0 saturated carbocycles. The van der Waals surface area contributed by atoms with Gasteiger partial charge in [0.05, 0.1) is 12.2 Å². The first-order chi connectivity index (χ1) is 10.5. The van der Waals surface area contributed by atoms with Crippen LogP contribution >= 0.6 is 0 Å². The van der Waals surface area contributed by atoms with Crippen molar-refractivity contribution < 1.29 is 14.6 Å². The van der Waals surface area contributed by atoms with E-state index >= 15 is 0 Å². The third-order valence-electron chi connectivity index (χ3n) is 3.94. The van der Waals surface area contributed by atoms with Gasteiger partial charge in [-0.25, -0.2) is 4.79 Å². The number of aromatic hydroxyl groups is 1. The smallest absolute Gasteiger partial charge is 0.338 e. The molecule has 130 valence electrons. The second-order valence-electron chi connectivity index (χ2n) is 8.26. The predicted octanol–water partition coefficient (Wildman–Crippen LogP) is 5.33. The number of phenolic OH excluding ortho intramolecular Hbond substituents is 1. The van der Waals surface area contributed by atoms with Gasteiger partial charge in [0.15, 0.2) is 0 Å². The summed E-state index contributed by atoms with van der Waals surface area (Å²) in [6.07, 6.45) is 3.04. The van der Waals surface area contributed by atoms with E-state index in [0.717, 1.165) is 30.4 Å². The van der Waals surface area contributed by atoms with Gasteiger partial charge in [-0.3, -0.25) is 0 Å². The van der Waals surface area contributed by atoms with Crippen molar-refractivity contribution in [3.05, 3.63) is 28.8 Å². The zero-order valence-electron chi connectivity index (χ0n) is 15.7. The lowest BCUT2D eigenvalue weighted by atomic mass is 9.78. The molecule has 0 unspecified atom stereocenters. The molecule has 0 radical (unpaired) electrons. The van der Waals surface area contributed by atoms with Crippen molar-refractivity contribution in [3.8, 4) is 5.75 Å². The van der Waals surface area contributed by atoms with Gasteiger partial charge in [-0.05, 0) is 29.4 Å². The maximum absolute atomic E-state index is 12.4. The summed E-state index contributed by atoms with van der Waals surface area (Å²) < 4.78 is 5.38. The van der Waals surface area contributed by atoms with E-state index < -0.39 is 0 Å². The Labute approximate surface area is 141 Å². The summed E-state index contributed by atoms with van der Waals surface area (Å²) >= 11 is 0. The van der Waals surface area contributed by atoms with Crippen LogP contribution in [0.1, 0.15) is 89.2 Å². The quantitative estimate of drug-likeness (QED) is 0.589. The maximum atomic E-state index is 12.4. The number of hydrogen-bond donors (Lipinski definition) is 1. The highest BCUT2D eigenvalue weighted by Gasteiger charge is 2.28. The summed E-state index contributed by atoms with van der Waals surface area (Å²) in [5, 5.41) is 10.7. The van der Waals surface area contributed by atoms with Crippen molar-refractivity contribution in [2.45, 2.75) is 78.6 Å². The molecular weight excluding hydrogens is 288 g/mol. The minimum atomic E-state index is -0.308. The Morgan fingerprint density at radius 2 is 1.48 bits per heavy atom. The lowest BCUT2D eigenvalue weighted by Crippen LogP contribution is -2.19. The van der Waals surface area contributed by atoms with E-state index in [1.54, 1.807) is 12.1 Å². The Morgan fingerprint density at radius 3 is 1.87 bits per heavy atom. The summed E-state index contributed by atoms with van der Waals surface area (Å²) in [5.41, 5.74) is 1.59. The van der Waals surface area contributed by atoms with Crippen LogP contribution in [-0.2, 0) is 15.6 Å². The molecule has 0 bridgehead atoms. The topological polar surface area (TPSA) is 46.5 Å². The van der Waals surface area contributed by atoms with E-state index in [4.69, 9.17) is 4.74 Å².